The highest BCUT2D eigenvalue weighted by Crippen LogP contribution is 2.33. The summed E-state index contributed by atoms with van der Waals surface area (Å²) in [6, 6.07) is 23.5. The van der Waals surface area contributed by atoms with Gasteiger partial charge in [0.25, 0.3) is 0 Å². The molecule has 0 spiro atoms. The number of phenolic OH excluding ortho intramolecular Hbond substituents is 1. The molecule has 5 rings (SSSR count). The number of nitrogen functional groups attached to an aromatic ring is 1. The summed E-state index contributed by atoms with van der Waals surface area (Å²) in [5.74, 6) is 7.92. The molecular weight excluding hydrogens is 626 g/mol. The van der Waals surface area contributed by atoms with Crippen LogP contribution in [0.3, 0.4) is 0 Å². The molecule has 8 heteroatoms. The largest absolute Gasteiger partial charge is 0.504 e. The summed E-state index contributed by atoms with van der Waals surface area (Å²) in [5.41, 5.74) is 10.2. The monoisotopic (exact) mass is 679 g/mol. The smallest absolute Gasteiger partial charge is 0.161 e. The quantitative estimate of drug-likeness (QED) is 0.0778. The zero-order valence-electron chi connectivity index (χ0n) is 29.1. The first-order chi connectivity index (χ1) is 24.3. The van der Waals surface area contributed by atoms with Crippen LogP contribution in [0.25, 0.3) is 0 Å². The minimum Gasteiger partial charge on any atom is -0.504 e. The van der Waals surface area contributed by atoms with Gasteiger partial charge in [-0.3, -0.25) is 0 Å². The number of hydrogen-bond donors (Lipinski definition) is 6. The Morgan fingerprint density at radius 2 is 1.82 bits per heavy atom. The number of anilines is 1. The number of aromatic hydroxyl groups is 1. The zero-order valence-corrected chi connectivity index (χ0v) is 29.1. The lowest BCUT2D eigenvalue weighted by Gasteiger charge is -2.28. The number of nitrogens with two attached hydrogens (primary N) is 1. The third-order valence-electron chi connectivity index (χ3n) is 10.2. The second kappa shape index (κ2) is 18.6. The molecule has 266 valence electrons. The maximum Gasteiger partial charge on any atom is 0.161 e. The second-order valence-corrected chi connectivity index (χ2v) is 14.0. The summed E-state index contributed by atoms with van der Waals surface area (Å²) in [4.78, 5) is 7.38. The lowest BCUT2D eigenvalue weighted by molar-refractivity contribution is 0.00551. The normalized spacial score (nSPS) is 20.5. The standard InChI is InChI=1S/C42H53N3O5/c1-29(23-30-9-3-2-4-10-30)32-11-5-6-15-38(47)37(14-7-12-32)39(48)18-16-31-17-19-40(49)41(24-31)50-36(28-46)26-34(25-35-13-8-21-44-35)33-20-22-45-42(43)27-33/h2-4,8-10,13,17,19-22,24,27,29,32,34,36-39,44,46-49H,5-6,11,14-16,18,23,25-26,28H2,1H3,(H2,43,45)/t29-,32+,34+,36+,37+,38+,39-/m1/s1. The first-order valence-electron chi connectivity index (χ1n) is 18.1. The lowest BCUT2D eigenvalue weighted by atomic mass is 9.82. The predicted octanol–water partition coefficient (Wildman–Crippen LogP) is 6.59. The summed E-state index contributed by atoms with van der Waals surface area (Å²) in [7, 11) is 0. The molecule has 0 saturated heterocycles. The van der Waals surface area contributed by atoms with Crippen molar-refractivity contribution < 1.29 is 25.2 Å². The highest BCUT2D eigenvalue weighted by atomic mass is 16.5. The van der Waals surface area contributed by atoms with Crippen molar-refractivity contribution in [2.45, 2.75) is 95.4 Å². The molecule has 0 aliphatic heterocycles. The second-order valence-electron chi connectivity index (χ2n) is 14.0. The van der Waals surface area contributed by atoms with Gasteiger partial charge < -0.3 is 35.9 Å². The Hall–Kier alpha value is -4.29. The third kappa shape index (κ3) is 10.9. The van der Waals surface area contributed by atoms with Crippen LogP contribution in [-0.4, -0.2) is 55.3 Å². The molecule has 4 aromatic rings. The minimum absolute atomic E-state index is 0.0177. The molecule has 2 aromatic heterocycles. The molecule has 0 amide bonds. The Kier molecular flexibility index (Phi) is 13.8. The molecule has 8 nitrogen and oxygen atoms in total. The maximum atomic E-state index is 11.3. The number of aliphatic hydroxyl groups excluding tert-OH is 3. The molecule has 0 saturated carbocycles. The van der Waals surface area contributed by atoms with Gasteiger partial charge in [-0.2, -0.15) is 0 Å². The summed E-state index contributed by atoms with van der Waals surface area (Å²) in [5, 5.41) is 43.5. The van der Waals surface area contributed by atoms with Crippen LogP contribution in [0.1, 0.15) is 80.2 Å². The molecular formula is C42H53N3O5. The van der Waals surface area contributed by atoms with Crippen LogP contribution < -0.4 is 10.5 Å². The van der Waals surface area contributed by atoms with Crippen LogP contribution in [0.15, 0.2) is 85.2 Å². The molecule has 0 fully saturated rings. The van der Waals surface area contributed by atoms with Crippen molar-refractivity contribution in [2.24, 2.45) is 17.8 Å². The molecule has 1 aliphatic carbocycles. The zero-order chi connectivity index (χ0) is 35.3. The van der Waals surface area contributed by atoms with E-state index in [0.29, 0.717) is 50.3 Å². The van der Waals surface area contributed by atoms with Gasteiger partial charge in [0.2, 0.25) is 0 Å². The topological polar surface area (TPSA) is 145 Å². The molecule has 2 heterocycles. The molecule has 1 aliphatic rings. The predicted molar refractivity (Wildman–Crippen MR) is 198 cm³/mol. The number of H-pyrrole nitrogens is 1. The minimum atomic E-state index is -0.733. The number of ether oxygens (including phenoxy) is 1. The van der Waals surface area contributed by atoms with E-state index in [2.05, 4.69) is 53.0 Å². The number of aliphatic hydroxyl groups is 3. The maximum absolute atomic E-state index is 11.3. The molecule has 7 N–H and O–H groups in total. The number of aromatic amines is 1. The summed E-state index contributed by atoms with van der Waals surface area (Å²) in [6.45, 7) is 2.04. The van der Waals surface area contributed by atoms with Crippen molar-refractivity contribution >= 4 is 5.82 Å². The number of pyridine rings is 1. The van der Waals surface area contributed by atoms with Crippen LogP contribution in [0.4, 0.5) is 5.82 Å². The van der Waals surface area contributed by atoms with Crippen LogP contribution in [0.2, 0.25) is 0 Å². The van der Waals surface area contributed by atoms with Crippen LogP contribution in [-0.2, 0) is 19.3 Å². The fraction of sp³-hybridized carbons (Fsp3) is 0.452. The van der Waals surface area contributed by atoms with Crippen molar-refractivity contribution in [1.82, 2.24) is 9.97 Å². The van der Waals surface area contributed by atoms with E-state index in [1.807, 2.05) is 42.6 Å². The number of phenols is 1. The van der Waals surface area contributed by atoms with Crippen LogP contribution >= 0.6 is 0 Å². The Balaban J connectivity index is 1.21. The van der Waals surface area contributed by atoms with Gasteiger partial charge in [-0.1, -0.05) is 62.1 Å². The van der Waals surface area contributed by atoms with Gasteiger partial charge in [-0.05, 0) is 110 Å². The molecule has 0 unspecified atom stereocenters. The molecule has 7 atom stereocenters. The van der Waals surface area contributed by atoms with Gasteiger partial charge in [0.1, 0.15) is 11.9 Å². The Bertz CT molecular complexity index is 1650. The van der Waals surface area contributed by atoms with E-state index >= 15 is 0 Å². The summed E-state index contributed by atoms with van der Waals surface area (Å²) >= 11 is 0. The highest BCUT2D eigenvalue weighted by Gasteiger charge is 2.28. The molecule has 2 aromatic carbocycles. The third-order valence-corrected chi connectivity index (χ3v) is 10.2. The van der Waals surface area contributed by atoms with E-state index in [4.69, 9.17) is 10.5 Å². The summed E-state index contributed by atoms with van der Waals surface area (Å²) in [6.07, 6.45) is 8.78. The van der Waals surface area contributed by atoms with E-state index in [9.17, 15) is 20.4 Å². The van der Waals surface area contributed by atoms with Crippen molar-refractivity contribution in [3.8, 4) is 23.3 Å². The number of benzene rings is 2. The first kappa shape index (κ1) is 37.0. The van der Waals surface area contributed by atoms with Crippen LogP contribution in [0, 0.1) is 29.6 Å². The lowest BCUT2D eigenvalue weighted by Crippen LogP contribution is -2.32. The van der Waals surface area contributed by atoms with Gasteiger partial charge in [-0.25, -0.2) is 4.98 Å². The van der Waals surface area contributed by atoms with Crippen molar-refractivity contribution in [2.75, 3.05) is 12.3 Å². The number of aromatic nitrogens is 2. The fourth-order valence-corrected chi connectivity index (χ4v) is 7.21. The number of nitrogens with zero attached hydrogens (tertiary/aromatic N) is 1. The van der Waals surface area contributed by atoms with E-state index in [1.54, 1.807) is 18.3 Å². The Morgan fingerprint density at radius 1 is 1.00 bits per heavy atom. The average Bonchev–Trinajstić information content (AvgIpc) is 3.64. The highest BCUT2D eigenvalue weighted by molar-refractivity contribution is 5.42. The van der Waals surface area contributed by atoms with Gasteiger partial charge >= 0.3 is 0 Å². The summed E-state index contributed by atoms with van der Waals surface area (Å²) < 4.78 is 6.22. The van der Waals surface area contributed by atoms with Crippen molar-refractivity contribution in [1.29, 1.82) is 0 Å². The molecule has 50 heavy (non-hydrogen) atoms. The number of nitrogens with one attached hydrogen (secondary N) is 1. The number of rotatable bonds is 15. The van der Waals surface area contributed by atoms with E-state index < -0.39 is 18.3 Å². The van der Waals surface area contributed by atoms with E-state index in [1.165, 1.54) is 5.56 Å². The van der Waals surface area contributed by atoms with E-state index in [0.717, 1.165) is 42.5 Å². The fourth-order valence-electron chi connectivity index (χ4n) is 7.21. The van der Waals surface area contributed by atoms with Crippen molar-refractivity contribution in [3.63, 3.8) is 0 Å². The Morgan fingerprint density at radius 3 is 2.58 bits per heavy atom. The Labute approximate surface area is 296 Å². The molecule has 0 bridgehead atoms. The van der Waals surface area contributed by atoms with E-state index in [-0.39, 0.29) is 35.9 Å². The van der Waals surface area contributed by atoms with Gasteiger partial charge in [0.05, 0.1) is 18.8 Å². The van der Waals surface area contributed by atoms with Crippen LogP contribution in [0.5, 0.6) is 11.5 Å². The SMILES string of the molecule is C[C@H](Cc1ccccc1)[C@@H]1C#CC[C@H]([C@H](O)CCc2ccc(O)c(O[C@H](CO)C[C@H](Cc3ccc[nH]3)c3ccnc(N)c3)c2)[C@@H](O)CCCC1. The van der Waals surface area contributed by atoms with Gasteiger partial charge in [-0.15, -0.1) is 5.92 Å². The first-order valence-corrected chi connectivity index (χ1v) is 18.1. The number of hydrogen-bond acceptors (Lipinski definition) is 7. The molecule has 0 radical (unpaired) electrons. The van der Waals surface area contributed by atoms with Gasteiger partial charge in [0, 0.05) is 36.3 Å². The van der Waals surface area contributed by atoms with Crippen molar-refractivity contribution in [3.05, 3.63) is 108 Å². The number of aryl methyl sites for hydroxylation is 1. The average molecular weight is 680 g/mol. The van der Waals surface area contributed by atoms with Gasteiger partial charge in [0.15, 0.2) is 11.5 Å².